The summed E-state index contributed by atoms with van der Waals surface area (Å²) in [5.41, 5.74) is -0.223. The number of rotatable bonds is 6. The van der Waals surface area contributed by atoms with Gasteiger partial charge in [0.15, 0.2) is 0 Å². The molecule has 1 amide bonds. The molecule has 2 heterocycles. The van der Waals surface area contributed by atoms with Gasteiger partial charge in [-0.3, -0.25) is 9.69 Å². The SMILES string of the molecule is CC[C@@H](Cn1ccnc1)NC(=O)C1(N2CCCC2)CCCC1. The van der Waals surface area contributed by atoms with Crippen LogP contribution >= 0.6 is 0 Å². The van der Waals surface area contributed by atoms with Crippen molar-refractivity contribution < 1.29 is 4.79 Å². The van der Waals surface area contributed by atoms with Crippen LogP contribution in [0.3, 0.4) is 0 Å². The van der Waals surface area contributed by atoms with Crippen LogP contribution in [0.1, 0.15) is 51.9 Å². The van der Waals surface area contributed by atoms with Gasteiger partial charge >= 0.3 is 0 Å². The highest BCUT2D eigenvalue weighted by Gasteiger charge is 2.47. The maximum Gasteiger partial charge on any atom is 0.240 e. The molecule has 5 nitrogen and oxygen atoms in total. The molecule has 1 atom stereocenters. The number of hydrogen-bond acceptors (Lipinski definition) is 3. The van der Waals surface area contributed by atoms with E-state index in [4.69, 9.17) is 0 Å². The minimum Gasteiger partial charge on any atom is -0.350 e. The molecule has 3 rings (SSSR count). The molecular weight excluding hydrogens is 276 g/mol. The first-order chi connectivity index (χ1) is 10.7. The fourth-order valence-electron chi connectivity index (χ4n) is 4.04. The van der Waals surface area contributed by atoms with Gasteiger partial charge in [-0.2, -0.15) is 0 Å². The van der Waals surface area contributed by atoms with Crippen LogP contribution in [0.4, 0.5) is 0 Å². The molecule has 1 N–H and O–H groups in total. The van der Waals surface area contributed by atoms with Crippen molar-refractivity contribution in [2.75, 3.05) is 13.1 Å². The third kappa shape index (κ3) is 3.05. The van der Waals surface area contributed by atoms with Crippen molar-refractivity contribution in [1.82, 2.24) is 19.8 Å². The minimum absolute atomic E-state index is 0.182. The highest BCUT2D eigenvalue weighted by molar-refractivity contribution is 5.87. The molecule has 0 radical (unpaired) electrons. The Morgan fingerprint density at radius 2 is 2.00 bits per heavy atom. The lowest BCUT2D eigenvalue weighted by molar-refractivity contribution is -0.133. The zero-order chi connectivity index (χ0) is 15.4. The number of imidazole rings is 1. The van der Waals surface area contributed by atoms with Crippen molar-refractivity contribution in [3.8, 4) is 0 Å². The average molecular weight is 304 g/mol. The quantitative estimate of drug-likeness (QED) is 0.876. The van der Waals surface area contributed by atoms with E-state index >= 15 is 0 Å². The predicted molar refractivity (Wildman–Crippen MR) is 86.5 cm³/mol. The van der Waals surface area contributed by atoms with E-state index < -0.39 is 0 Å². The van der Waals surface area contributed by atoms with E-state index in [1.54, 1.807) is 6.20 Å². The molecule has 0 unspecified atom stereocenters. The topological polar surface area (TPSA) is 50.2 Å². The summed E-state index contributed by atoms with van der Waals surface area (Å²) in [5.74, 6) is 0.263. The number of nitrogens with zero attached hydrogens (tertiary/aromatic N) is 3. The van der Waals surface area contributed by atoms with Crippen LogP contribution in [0.15, 0.2) is 18.7 Å². The standard InChI is InChI=1S/C17H28N4O/c1-2-15(13-20-12-9-18-14-20)19-16(22)17(7-3-4-8-17)21-10-5-6-11-21/h9,12,14-15H,2-8,10-11,13H2,1H3,(H,19,22)/t15-/m0/s1. The molecule has 1 aliphatic heterocycles. The van der Waals surface area contributed by atoms with Crippen LogP contribution in [0, 0.1) is 0 Å². The Kier molecular flexibility index (Phi) is 4.81. The molecule has 1 aromatic rings. The predicted octanol–water partition coefficient (Wildman–Crippen LogP) is 2.19. The third-order valence-corrected chi connectivity index (χ3v) is 5.38. The fourth-order valence-corrected chi connectivity index (χ4v) is 4.04. The van der Waals surface area contributed by atoms with Gasteiger partial charge in [0.1, 0.15) is 5.54 Å². The van der Waals surface area contributed by atoms with Crippen LogP contribution in [0.5, 0.6) is 0 Å². The Hall–Kier alpha value is -1.36. The molecule has 2 fully saturated rings. The van der Waals surface area contributed by atoms with Gasteiger partial charge in [0.25, 0.3) is 0 Å². The Labute approximate surface area is 133 Å². The molecule has 1 aliphatic carbocycles. The highest BCUT2D eigenvalue weighted by atomic mass is 16.2. The van der Waals surface area contributed by atoms with E-state index in [9.17, 15) is 4.79 Å². The van der Waals surface area contributed by atoms with Crippen molar-refractivity contribution in [3.63, 3.8) is 0 Å². The molecule has 2 aliphatic rings. The summed E-state index contributed by atoms with van der Waals surface area (Å²) >= 11 is 0. The highest BCUT2D eigenvalue weighted by Crippen LogP contribution is 2.37. The smallest absolute Gasteiger partial charge is 0.240 e. The van der Waals surface area contributed by atoms with E-state index in [0.29, 0.717) is 0 Å². The summed E-state index contributed by atoms with van der Waals surface area (Å²) in [5, 5.41) is 3.34. The third-order valence-electron chi connectivity index (χ3n) is 5.38. The monoisotopic (exact) mass is 304 g/mol. The van der Waals surface area contributed by atoms with Crippen LogP contribution in [-0.2, 0) is 11.3 Å². The second-order valence-electron chi connectivity index (χ2n) is 6.77. The second kappa shape index (κ2) is 6.82. The van der Waals surface area contributed by atoms with Gasteiger partial charge in [-0.1, -0.05) is 19.8 Å². The summed E-state index contributed by atoms with van der Waals surface area (Å²) in [6.07, 6.45) is 13.4. The van der Waals surface area contributed by atoms with E-state index in [2.05, 4.69) is 22.1 Å². The lowest BCUT2D eigenvalue weighted by Gasteiger charge is -2.38. The number of likely N-dealkylation sites (tertiary alicyclic amines) is 1. The number of amides is 1. The summed E-state index contributed by atoms with van der Waals surface area (Å²) in [7, 11) is 0. The number of carbonyl (C=O) groups excluding carboxylic acids is 1. The fraction of sp³-hybridized carbons (Fsp3) is 0.765. The molecule has 1 saturated heterocycles. The second-order valence-corrected chi connectivity index (χ2v) is 6.77. The van der Waals surface area contributed by atoms with E-state index in [1.165, 1.54) is 25.7 Å². The summed E-state index contributed by atoms with van der Waals surface area (Å²) in [6.45, 7) is 5.12. The molecule has 122 valence electrons. The Balaban J connectivity index is 1.67. The van der Waals surface area contributed by atoms with Gasteiger partial charge in [0.2, 0.25) is 5.91 Å². The van der Waals surface area contributed by atoms with Gasteiger partial charge in [-0.05, 0) is 45.2 Å². The Morgan fingerprint density at radius 3 is 2.59 bits per heavy atom. The number of carbonyl (C=O) groups is 1. The number of nitrogens with one attached hydrogen (secondary N) is 1. The molecule has 1 aromatic heterocycles. The van der Waals surface area contributed by atoms with Crippen molar-refractivity contribution in [2.45, 2.75) is 70.0 Å². The van der Waals surface area contributed by atoms with Gasteiger partial charge in [0, 0.05) is 25.0 Å². The Morgan fingerprint density at radius 1 is 1.27 bits per heavy atom. The maximum absolute atomic E-state index is 13.1. The van der Waals surface area contributed by atoms with Gasteiger partial charge in [0.05, 0.1) is 6.33 Å². The largest absolute Gasteiger partial charge is 0.350 e. The first-order valence-corrected chi connectivity index (χ1v) is 8.76. The summed E-state index contributed by atoms with van der Waals surface area (Å²) < 4.78 is 2.05. The minimum atomic E-state index is -0.223. The summed E-state index contributed by atoms with van der Waals surface area (Å²) in [6, 6.07) is 0.182. The normalized spacial score (nSPS) is 22.8. The van der Waals surface area contributed by atoms with Crippen molar-refractivity contribution in [3.05, 3.63) is 18.7 Å². The zero-order valence-corrected chi connectivity index (χ0v) is 13.6. The molecule has 0 spiro atoms. The van der Waals surface area contributed by atoms with Crippen molar-refractivity contribution >= 4 is 5.91 Å². The average Bonchev–Trinajstić information content (AvgIpc) is 3.26. The Bertz CT molecular complexity index is 473. The first-order valence-electron chi connectivity index (χ1n) is 8.76. The van der Waals surface area contributed by atoms with E-state index in [1.807, 2.05) is 17.1 Å². The van der Waals surface area contributed by atoms with E-state index in [-0.39, 0.29) is 17.5 Å². The van der Waals surface area contributed by atoms with Crippen LogP contribution in [0.25, 0.3) is 0 Å². The molecular formula is C17H28N4O. The van der Waals surface area contributed by atoms with E-state index in [0.717, 1.165) is 38.9 Å². The van der Waals surface area contributed by atoms with Crippen LogP contribution < -0.4 is 5.32 Å². The molecule has 0 bridgehead atoms. The lowest BCUT2D eigenvalue weighted by atomic mass is 9.93. The number of aromatic nitrogens is 2. The zero-order valence-electron chi connectivity index (χ0n) is 13.6. The molecule has 5 heteroatoms. The van der Waals surface area contributed by atoms with Crippen LogP contribution in [0.2, 0.25) is 0 Å². The van der Waals surface area contributed by atoms with Crippen molar-refractivity contribution in [1.29, 1.82) is 0 Å². The molecule has 0 aromatic carbocycles. The first kappa shape index (κ1) is 15.5. The van der Waals surface area contributed by atoms with Gasteiger partial charge < -0.3 is 9.88 Å². The molecule has 22 heavy (non-hydrogen) atoms. The van der Waals surface area contributed by atoms with Crippen LogP contribution in [-0.4, -0.2) is 45.0 Å². The van der Waals surface area contributed by atoms with Gasteiger partial charge in [-0.15, -0.1) is 0 Å². The summed E-state index contributed by atoms with van der Waals surface area (Å²) in [4.78, 5) is 19.6. The number of hydrogen-bond donors (Lipinski definition) is 1. The van der Waals surface area contributed by atoms with Crippen molar-refractivity contribution in [2.24, 2.45) is 0 Å². The lowest BCUT2D eigenvalue weighted by Crippen LogP contribution is -2.58. The maximum atomic E-state index is 13.1. The van der Waals surface area contributed by atoms with Gasteiger partial charge in [-0.25, -0.2) is 4.98 Å². The molecule has 1 saturated carbocycles.